The maximum absolute atomic E-state index is 12.6. The Labute approximate surface area is 151 Å². The molecule has 1 heterocycles. The second-order valence-corrected chi connectivity index (χ2v) is 5.84. The summed E-state index contributed by atoms with van der Waals surface area (Å²) in [6.45, 7) is 4.36. The van der Waals surface area contributed by atoms with Crippen LogP contribution in [0.25, 0.3) is 10.9 Å². The van der Waals surface area contributed by atoms with Gasteiger partial charge in [0.25, 0.3) is 5.91 Å². The van der Waals surface area contributed by atoms with Gasteiger partial charge in [-0.25, -0.2) is 4.79 Å². The van der Waals surface area contributed by atoms with Gasteiger partial charge in [0.05, 0.1) is 19.3 Å². The van der Waals surface area contributed by atoms with Crippen molar-refractivity contribution in [2.75, 3.05) is 19.0 Å². The van der Waals surface area contributed by atoms with Gasteiger partial charge in [0.1, 0.15) is 11.4 Å². The summed E-state index contributed by atoms with van der Waals surface area (Å²) in [6.07, 6.45) is 0. The van der Waals surface area contributed by atoms with Gasteiger partial charge >= 0.3 is 5.97 Å². The van der Waals surface area contributed by atoms with Gasteiger partial charge in [-0.15, -0.1) is 0 Å². The van der Waals surface area contributed by atoms with Crippen LogP contribution in [0.4, 0.5) is 5.69 Å². The molecule has 2 N–H and O–H groups in total. The Kier molecular flexibility index (Phi) is 4.93. The largest absolute Gasteiger partial charge is 0.494 e. The van der Waals surface area contributed by atoms with Crippen LogP contribution in [0.1, 0.15) is 33.3 Å². The molecule has 0 aliphatic heterocycles. The Hall–Kier alpha value is -3.28. The van der Waals surface area contributed by atoms with Crippen LogP contribution >= 0.6 is 0 Å². The van der Waals surface area contributed by atoms with Crippen molar-refractivity contribution in [1.29, 1.82) is 0 Å². The smallest absolute Gasteiger partial charge is 0.337 e. The number of aryl methyl sites for hydroxylation is 1. The van der Waals surface area contributed by atoms with Crippen LogP contribution in [0.2, 0.25) is 0 Å². The first-order chi connectivity index (χ1) is 12.5. The second kappa shape index (κ2) is 7.31. The molecule has 134 valence electrons. The van der Waals surface area contributed by atoms with Crippen molar-refractivity contribution in [1.82, 2.24) is 4.98 Å². The van der Waals surface area contributed by atoms with Gasteiger partial charge in [0.15, 0.2) is 0 Å². The first-order valence-electron chi connectivity index (χ1n) is 8.27. The average molecular weight is 352 g/mol. The molecule has 3 aromatic rings. The predicted octanol–water partition coefficient (Wildman–Crippen LogP) is 3.91. The zero-order valence-corrected chi connectivity index (χ0v) is 14.9. The molecule has 0 bridgehead atoms. The summed E-state index contributed by atoms with van der Waals surface area (Å²) in [5.74, 6) is 0.00859. The zero-order valence-electron chi connectivity index (χ0n) is 14.9. The molecule has 0 aliphatic rings. The average Bonchev–Trinajstić information content (AvgIpc) is 3.06. The van der Waals surface area contributed by atoms with Gasteiger partial charge in [0, 0.05) is 22.7 Å². The molecule has 2 aromatic carbocycles. The lowest BCUT2D eigenvalue weighted by Gasteiger charge is -2.09. The number of carbonyl (C=O) groups is 2. The van der Waals surface area contributed by atoms with Gasteiger partial charge in [-0.3, -0.25) is 4.79 Å². The van der Waals surface area contributed by atoms with E-state index in [1.807, 2.05) is 32.0 Å². The topological polar surface area (TPSA) is 80.4 Å². The van der Waals surface area contributed by atoms with E-state index >= 15 is 0 Å². The maximum atomic E-state index is 12.6. The van der Waals surface area contributed by atoms with E-state index in [0.717, 1.165) is 22.2 Å². The molecule has 3 rings (SSSR count). The molecule has 0 saturated carbocycles. The molecular formula is C20H20N2O4. The van der Waals surface area contributed by atoms with Crippen molar-refractivity contribution >= 4 is 28.5 Å². The number of rotatable bonds is 5. The molecule has 0 unspecified atom stereocenters. The third kappa shape index (κ3) is 3.54. The zero-order chi connectivity index (χ0) is 18.7. The molecule has 26 heavy (non-hydrogen) atoms. The molecule has 6 heteroatoms. The number of carbonyl (C=O) groups excluding carboxylic acids is 2. The van der Waals surface area contributed by atoms with E-state index in [1.54, 1.807) is 24.3 Å². The van der Waals surface area contributed by atoms with Crippen LogP contribution in [0, 0.1) is 6.92 Å². The minimum atomic E-state index is -0.449. The van der Waals surface area contributed by atoms with Gasteiger partial charge in [-0.2, -0.15) is 0 Å². The highest BCUT2D eigenvalue weighted by atomic mass is 16.5. The van der Waals surface area contributed by atoms with Crippen LogP contribution in [0.3, 0.4) is 0 Å². The first-order valence-corrected chi connectivity index (χ1v) is 8.27. The monoisotopic (exact) mass is 352 g/mol. The van der Waals surface area contributed by atoms with Gasteiger partial charge in [0.2, 0.25) is 0 Å². The molecule has 1 aromatic heterocycles. The fourth-order valence-corrected chi connectivity index (χ4v) is 2.68. The number of fused-ring (bicyclic) bond motifs is 1. The minimum Gasteiger partial charge on any atom is -0.494 e. The summed E-state index contributed by atoms with van der Waals surface area (Å²) in [4.78, 5) is 27.4. The highest BCUT2D eigenvalue weighted by Gasteiger charge is 2.14. The Morgan fingerprint density at radius 3 is 2.65 bits per heavy atom. The van der Waals surface area contributed by atoms with Gasteiger partial charge in [-0.1, -0.05) is 6.07 Å². The van der Waals surface area contributed by atoms with Gasteiger partial charge < -0.3 is 19.8 Å². The van der Waals surface area contributed by atoms with Crippen molar-refractivity contribution in [2.45, 2.75) is 13.8 Å². The third-order valence-corrected chi connectivity index (χ3v) is 4.06. The molecule has 0 spiro atoms. The first kappa shape index (κ1) is 17.5. The summed E-state index contributed by atoms with van der Waals surface area (Å²) in [5.41, 5.74) is 3.04. The molecular weight excluding hydrogens is 332 g/mol. The predicted molar refractivity (Wildman–Crippen MR) is 99.9 cm³/mol. The van der Waals surface area contributed by atoms with Crippen LogP contribution in [0.5, 0.6) is 5.75 Å². The summed E-state index contributed by atoms with van der Waals surface area (Å²) in [5, 5.41) is 3.75. The molecule has 0 radical (unpaired) electrons. The number of hydrogen-bond donors (Lipinski definition) is 2. The number of aromatic amines is 1. The summed E-state index contributed by atoms with van der Waals surface area (Å²) in [6, 6.07) is 12.4. The Balaban J connectivity index is 1.86. The number of methoxy groups -OCH3 is 1. The van der Waals surface area contributed by atoms with E-state index in [0.29, 0.717) is 23.6 Å². The lowest BCUT2D eigenvalue weighted by atomic mass is 10.1. The van der Waals surface area contributed by atoms with E-state index in [1.165, 1.54) is 7.11 Å². The molecule has 6 nitrogen and oxygen atoms in total. The number of H-pyrrole nitrogens is 1. The quantitative estimate of drug-likeness (QED) is 0.682. The highest BCUT2D eigenvalue weighted by molar-refractivity contribution is 6.06. The summed E-state index contributed by atoms with van der Waals surface area (Å²) in [7, 11) is 1.32. The number of anilines is 1. The number of nitrogens with one attached hydrogen (secondary N) is 2. The van der Waals surface area contributed by atoms with Crippen LogP contribution < -0.4 is 10.1 Å². The molecule has 0 atom stereocenters. The Morgan fingerprint density at radius 1 is 1.12 bits per heavy atom. The third-order valence-electron chi connectivity index (χ3n) is 4.06. The van der Waals surface area contributed by atoms with Gasteiger partial charge in [-0.05, 0) is 49.7 Å². The highest BCUT2D eigenvalue weighted by Crippen LogP contribution is 2.23. The van der Waals surface area contributed by atoms with E-state index in [-0.39, 0.29) is 5.91 Å². The van der Waals surface area contributed by atoms with E-state index in [9.17, 15) is 9.59 Å². The number of ether oxygens (including phenoxy) is 2. The maximum Gasteiger partial charge on any atom is 0.337 e. The number of benzene rings is 2. The number of amides is 1. The van der Waals surface area contributed by atoms with Crippen molar-refractivity contribution in [3.05, 3.63) is 59.3 Å². The normalized spacial score (nSPS) is 10.6. The molecule has 0 saturated heterocycles. The van der Waals surface area contributed by atoms with Crippen molar-refractivity contribution in [2.24, 2.45) is 0 Å². The van der Waals surface area contributed by atoms with E-state index in [4.69, 9.17) is 9.47 Å². The fourth-order valence-electron chi connectivity index (χ4n) is 2.68. The van der Waals surface area contributed by atoms with Crippen LogP contribution in [-0.4, -0.2) is 30.6 Å². The SMILES string of the molecule is CCOc1ccc2cc(C(=O)Nc3cc(C(=O)OC)ccc3C)[nH]c2c1. The van der Waals surface area contributed by atoms with E-state index < -0.39 is 5.97 Å². The van der Waals surface area contributed by atoms with Crippen LogP contribution in [-0.2, 0) is 4.74 Å². The Morgan fingerprint density at radius 2 is 1.92 bits per heavy atom. The number of esters is 1. The fraction of sp³-hybridized carbons (Fsp3) is 0.200. The number of hydrogen-bond acceptors (Lipinski definition) is 4. The lowest BCUT2D eigenvalue weighted by Crippen LogP contribution is -2.14. The summed E-state index contributed by atoms with van der Waals surface area (Å²) >= 11 is 0. The van der Waals surface area contributed by atoms with Crippen molar-refractivity contribution in [3.63, 3.8) is 0 Å². The Bertz CT molecular complexity index is 975. The van der Waals surface area contributed by atoms with E-state index in [2.05, 4.69) is 10.3 Å². The van der Waals surface area contributed by atoms with Crippen molar-refractivity contribution < 1.29 is 19.1 Å². The van der Waals surface area contributed by atoms with Crippen molar-refractivity contribution in [3.8, 4) is 5.75 Å². The summed E-state index contributed by atoms with van der Waals surface area (Å²) < 4.78 is 10.2. The molecule has 0 aliphatic carbocycles. The van der Waals surface area contributed by atoms with Crippen LogP contribution in [0.15, 0.2) is 42.5 Å². The molecule has 1 amide bonds. The minimum absolute atomic E-state index is 0.288. The second-order valence-electron chi connectivity index (χ2n) is 5.84. The molecule has 0 fully saturated rings. The lowest BCUT2D eigenvalue weighted by molar-refractivity contribution is 0.0600. The number of aromatic nitrogens is 1. The standard InChI is InChI=1S/C20H20N2O4/c1-4-26-15-8-7-13-9-18(21-17(13)11-15)19(23)22-16-10-14(20(24)25-3)6-5-12(16)2/h5-11,21H,4H2,1-3H3,(H,22,23).